The van der Waals surface area contributed by atoms with Gasteiger partial charge < -0.3 is 0 Å². The van der Waals surface area contributed by atoms with Gasteiger partial charge in [0.2, 0.25) is 0 Å². The highest BCUT2D eigenvalue weighted by Gasteiger charge is 2.23. The monoisotopic (exact) mass is 327 g/mol. The Bertz CT molecular complexity index is 931. The average molecular weight is 327 g/mol. The molecule has 118 valence electrons. The number of hydrogen-bond acceptors (Lipinski definition) is 3. The fourth-order valence-corrected chi connectivity index (χ4v) is 3.68. The van der Waals surface area contributed by atoms with Gasteiger partial charge in [-0.15, -0.1) is 0 Å². The first-order valence-electron chi connectivity index (χ1n) is 7.15. The maximum absolute atomic E-state index is 12.8. The quantitative estimate of drug-likeness (QED) is 0.800. The number of hydrogen-bond donors (Lipinski definition) is 1. The van der Waals surface area contributed by atoms with Gasteiger partial charge in [0.05, 0.1) is 5.69 Å². The minimum Gasteiger partial charge on any atom is -0.279 e. The number of aromatic nitrogens is 2. The van der Waals surface area contributed by atoms with Crippen LogP contribution in [-0.4, -0.2) is 18.2 Å². The molecule has 5 nitrogen and oxygen atoms in total. The minimum absolute atomic E-state index is 0.162. The Balaban J connectivity index is 2.06. The van der Waals surface area contributed by atoms with Crippen molar-refractivity contribution < 1.29 is 8.42 Å². The molecule has 2 aromatic carbocycles. The highest BCUT2D eigenvalue weighted by molar-refractivity contribution is 7.92. The smallest absolute Gasteiger partial charge is 0.265 e. The van der Waals surface area contributed by atoms with Gasteiger partial charge >= 0.3 is 0 Å². The molecule has 3 aromatic rings. The van der Waals surface area contributed by atoms with Gasteiger partial charge in [-0.3, -0.25) is 9.40 Å². The third-order valence-electron chi connectivity index (χ3n) is 3.52. The van der Waals surface area contributed by atoms with E-state index in [2.05, 4.69) is 9.82 Å². The Kier molecular flexibility index (Phi) is 3.92. The molecule has 0 saturated heterocycles. The molecule has 0 atom stereocenters. The van der Waals surface area contributed by atoms with Crippen LogP contribution in [0.5, 0.6) is 0 Å². The normalized spacial score (nSPS) is 11.4. The largest absolute Gasteiger partial charge is 0.279 e. The van der Waals surface area contributed by atoms with Crippen LogP contribution in [0.4, 0.5) is 5.69 Å². The second-order valence-electron chi connectivity index (χ2n) is 5.30. The van der Waals surface area contributed by atoms with E-state index >= 15 is 0 Å². The number of nitrogens with one attached hydrogen (secondary N) is 1. The zero-order valence-corrected chi connectivity index (χ0v) is 13.7. The number of para-hydroxylation sites is 1. The van der Waals surface area contributed by atoms with Crippen molar-refractivity contribution >= 4 is 15.7 Å². The number of benzene rings is 2. The Morgan fingerprint density at radius 2 is 1.65 bits per heavy atom. The van der Waals surface area contributed by atoms with Crippen molar-refractivity contribution in [3.63, 3.8) is 0 Å². The van der Waals surface area contributed by atoms with Crippen LogP contribution in [0, 0.1) is 6.92 Å². The van der Waals surface area contributed by atoms with Crippen molar-refractivity contribution in [3.8, 4) is 11.3 Å². The van der Waals surface area contributed by atoms with E-state index in [0.717, 1.165) is 11.1 Å². The summed E-state index contributed by atoms with van der Waals surface area (Å²) in [5.41, 5.74) is 2.63. The number of aryl methyl sites for hydroxylation is 2. The third kappa shape index (κ3) is 3.12. The maximum Gasteiger partial charge on any atom is 0.265 e. The molecule has 0 radical (unpaired) electrons. The van der Waals surface area contributed by atoms with E-state index in [1.54, 1.807) is 19.2 Å². The van der Waals surface area contributed by atoms with Crippen molar-refractivity contribution in [2.45, 2.75) is 11.8 Å². The molecule has 0 aliphatic heterocycles. The molecule has 1 heterocycles. The van der Waals surface area contributed by atoms with Gasteiger partial charge in [-0.25, -0.2) is 8.42 Å². The first-order chi connectivity index (χ1) is 11.0. The Morgan fingerprint density at radius 1 is 1.00 bits per heavy atom. The van der Waals surface area contributed by atoms with Crippen molar-refractivity contribution in [2.75, 3.05) is 4.72 Å². The van der Waals surface area contributed by atoms with Gasteiger partial charge in [0.1, 0.15) is 10.6 Å². The van der Waals surface area contributed by atoms with E-state index < -0.39 is 10.0 Å². The predicted molar refractivity (Wildman–Crippen MR) is 90.6 cm³/mol. The SMILES string of the molecule is Cc1ccccc1NS(=O)(=O)c1cn(C)nc1-c1ccccc1. The molecule has 0 aliphatic carbocycles. The lowest BCUT2D eigenvalue weighted by Crippen LogP contribution is -2.14. The van der Waals surface area contributed by atoms with Gasteiger partial charge in [0.25, 0.3) is 10.0 Å². The summed E-state index contributed by atoms with van der Waals surface area (Å²) in [6, 6.07) is 16.5. The van der Waals surface area contributed by atoms with E-state index in [0.29, 0.717) is 11.4 Å². The van der Waals surface area contributed by atoms with Gasteiger partial charge in [0.15, 0.2) is 0 Å². The topological polar surface area (TPSA) is 64.0 Å². The average Bonchev–Trinajstić information content (AvgIpc) is 2.93. The minimum atomic E-state index is -3.73. The van der Waals surface area contributed by atoms with Gasteiger partial charge in [-0.2, -0.15) is 5.10 Å². The summed E-state index contributed by atoms with van der Waals surface area (Å²) >= 11 is 0. The molecule has 0 saturated carbocycles. The molecular formula is C17H17N3O2S. The molecule has 0 aliphatic rings. The standard InChI is InChI=1S/C17H17N3O2S/c1-13-8-6-7-11-15(13)19-23(21,22)16-12-20(2)18-17(16)14-9-4-3-5-10-14/h3-12,19H,1-2H3. The summed E-state index contributed by atoms with van der Waals surface area (Å²) in [4.78, 5) is 0.162. The summed E-state index contributed by atoms with van der Waals surface area (Å²) in [6.07, 6.45) is 1.52. The van der Waals surface area contributed by atoms with E-state index in [4.69, 9.17) is 0 Å². The second-order valence-corrected chi connectivity index (χ2v) is 6.95. The van der Waals surface area contributed by atoms with E-state index in [1.807, 2.05) is 49.4 Å². The van der Waals surface area contributed by atoms with Crippen molar-refractivity contribution in [1.82, 2.24) is 9.78 Å². The van der Waals surface area contributed by atoms with Crippen LogP contribution in [-0.2, 0) is 17.1 Å². The lowest BCUT2D eigenvalue weighted by molar-refractivity contribution is 0.601. The van der Waals surface area contributed by atoms with Crippen LogP contribution in [0.3, 0.4) is 0 Å². The molecular weight excluding hydrogens is 310 g/mol. The van der Waals surface area contributed by atoms with Crippen LogP contribution in [0.15, 0.2) is 65.7 Å². The number of sulfonamides is 1. The predicted octanol–water partition coefficient (Wildman–Crippen LogP) is 3.20. The maximum atomic E-state index is 12.8. The van der Waals surface area contributed by atoms with Crippen LogP contribution in [0.2, 0.25) is 0 Å². The van der Waals surface area contributed by atoms with Gasteiger partial charge in [0, 0.05) is 18.8 Å². The summed E-state index contributed by atoms with van der Waals surface area (Å²) in [5.74, 6) is 0. The highest BCUT2D eigenvalue weighted by atomic mass is 32.2. The molecule has 1 aromatic heterocycles. The Hall–Kier alpha value is -2.60. The molecule has 6 heteroatoms. The van der Waals surface area contributed by atoms with Crippen LogP contribution in [0.1, 0.15) is 5.56 Å². The molecule has 23 heavy (non-hydrogen) atoms. The van der Waals surface area contributed by atoms with Crippen molar-refractivity contribution in [3.05, 3.63) is 66.4 Å². The summed E-state index contributed by atoms with van der Waals surface area (Å²) in [5, 5.41) is 4.31. The Morgan fingerprint density at radius 3 is 2.35 bits per heavy atom. The van der Waals surface area contributed by atoms with E-state index in [9.17, 15) is 8.42 Å². The van der Waals surface area contributed by atoms with E-state index in [-0.39, 0.29) is 4.90 Å². The molecule has 1 N–H and O–H groups in total. The summed E-state index contributed by atoms with van der Waals surface area (Å²) in [6.45, 7) is 1.86. The summed E-state index contributed by atoms with van der Waals surface area (Å²) in [7, 11) is -2.02. The Labute approximate surface area is 135 Å². The highest BCUT2D eigenvalue weighted by Crippen LogP contribution is 2.27. The fourth-order valence-electron chi connectivity index (χ4n) is 2.35. The fraction of sp³-hybridized carbons (Fsp3) is 0.118. The number of anilines is 1. The first kappa shape index (κ1) is 15.3. The van der Waals surface area contributed by atoms with Crippen molar-refractivity contribution in [1.29, 1.82) is 0 Å². The zero-order valence-electron chi connectivity index (χ0n) is 12.9. The molecule has 0 unspecified atom stereocenters. The molecule has 0 amide bonds. The first-order valence-corrected chi connectivity index (χ1v) is 8.63. The van der Waals surface area contributed by atoms with Gasteiger partial charge in [-0.1, -0.05) is 48.5 Å². The van der Waals surface area contributed by atoms with Crippen LogP contribution >= 0.6 is 0 Å². The van der Waals surface area contributed by atoms with E-state index in [1.165, 1.54) is 10.9 Å². The zero-order chi connectivity index (χ0) is 16.4. The van der Waals surface area contributed by atoms with Crippen molar-refractivity contribution in [2.24, 2.45) is 7.05 Å². The molecule has 3 rings (SSSR count). The van der Waals surface area contributed by atoms with Crippen LogP contribution < -0.4 is 4.72 Å². The molecule has 0 fully saturated rings. The molecule has 0 bridgehead atoms. The second kappa shape index (κ2) is 5.89. The molecule has 0 spiro atoms. The lowest BCUT2D eigenvalue weighted by Gasteiger charge is -2.10. The lowest BCUT2D eigenvalue weighted by atomic mass is 10.2. The summed E-state index contributed by atoms with van der Waals surface area (Å²) < 4.78 is 29.7. The number of nitrogens with zero attached hydrogens (tertiary/aromatic N) is 2. The third-order valence-corrected chi connectivity index (χ3v) is 4.89. The number of rotatable bonds is 4. The van der Waals surface area contributed by atoms with Gasteiger partial charge in [-0.05, 0) is 18.6 Å². The van der Waals surface area contributed by atoms with Crippen LogP contribution in [0.25, 0.3) is 11.3 Å².